The molecule has 0 bridgehead atoms. The number of hydrogen-bond acceptors (Lipinski definition) is 5. The zero-order chi connectivity index (χ0) is 68.5. The van der Waals surface area contributed by atoms with E-state index in [2.05, 4.69) is 4.74 Å². The molecule has 6 nitrogen and oxygen atoms in total. The number of carbonyl (C=O) groups excluding carboxylic acids is 1. The van der Waals surface area contributed by atoms with Gasteiger partial charge in [-0.15, -0.1) is 11.8 Å². The second-order valence-corrected chi connectivity index (χ2v) is 10.7. The molecule has 278 valence electrons. The molecule has 1 fully saturated rings. The van der Waals surface area contributed by atoms with Crippen LogP contribution in [0.2, 0.25) is 0 Å². The Bertz CT molecular complexity index is 3760. The van der Waals surface area contributed by atoms with Gasteiger partial charge in [0.2, 0.25) is 5.91 Å². The van der Waals surface area contributed by atoms with Gasteiger partial charge in [-0.3, -0.25) is 9.59 Å². The Morgan fingerprint density at radius 1 is 1.04 bits per heavy atom. The fourth-order valence-corrected chi connectivity index (χ4v) is 4.70. The summed E-state index contributed by atoms with van der Waals surface area (Å²) in [6.07, 6.45) is -16.0. The van der Waals surface area contributed by atoms with E-state index in [-0.39, 0.29) is 0 Å². The third-order valence-corrected chi connectivity index (χ3v) is 7.15. The minimum atomic E-state index is -5.65. The van der Waals surface area contributed by atoms with Crippen LogP contribution >= 0.6 is 11.8 Å². The van der Waals surface area contributed by atoms with Gasteiger partial charge in [-0.05, 0) is 66.6 Å². The van der Waals surface area contributed by atoms with Crippen LogP contribution in [-0.2, 0) is 34.4 Å². The molecule has 0 aliphatic carbocycles. The lowest BCUT2D eigenvalue weighted by molar-refractivity contribution is -0.137. The number of alkyl halides is 3. The van der Waals surface area contributed by atoms with E-state index in [1.165, 1.54) is 0 Å². The molecule has 1 aliphatic heterocycles. The first-order valence-corrected chi connectivity index (χ1v) is 14.9. The predicted octanol–water partition coefficient (Wildman–Crippen LogP) is 8.71. The Hall–Kier alpha value is -4.52. The number of likely N-dealkylation sites (tertiary alicyclic amines) is 1. The summed E-state index contributed by atoms with van der Waals surface area (Å²) in [5.41, 5.74) is -17.8. The molecule has 0 spiro atoms. The second kappa shape index (κ2) is 16.7. The first-order chi connectivity index (χ1) is 39.2. The summed E-state index contributed by atoms with van der Waals surface area (Å²) in [5, 5.41) is -3.33. The molecule has 1 saturated heterocycles. The first-order valence-electron chi connectivity index (χ1n) is 31.6. The van der Waals surface area contributed by atoms with Crippen LogP contribution in [0.5, 0.6) is 0 Å². The zero-order valence-corrected chi connectivity index (χ0v) is 26.9. The van der Waals surface area contributed by atoms with Gasteiger partial charge >= 0.3 is 6.18 Å². The van der Waals surface area contributed by atoms with E-state index >= 15 is 13.6 Å². The molecule has 0 atom stereocenters. The van der Waals surface area contributed by atoms with Crippen molar-refractivity contribution >= 4 is 28.6 Å². The van der Waals surface area contributed by atoms with Crippen LogP contribution in [0.3, 0.4) is 0 Å². The minimum absolute atomic E-state index is 0.616. The van der Waals surface area contributed by atoms with E-state index in [4.69, 9.17) is 35.6 Å². The molecular weight excluding hydrogens is 710 g/mol. The van der Waals surface area contributed by atoms with Crippen LogP contribution in [0.25, 0.3) is 22.0 Å². The van der Waals surface area contributed by atoms with E-state index < -0.39 is 266 Å². The van der Waals surface area contributed by atoms with E-state index in [0.29, 0.717) is 0 Å². The summed E-state index contributed by atoms with van der Waals surface area (Å²) < 4.78 is 383. The molecule has 6 rings (SSSR count). The van der Waals surface area contributed by atoms with Crippen molar-refractivity contribution in [2.75, 3.05) is 33.1 Å². The zero-order valence-electron chi connectivity index (χ0n) is 61.1. The summed E-state index contributed by atoms with van der Waals surface area (Å²) >= 11 is -0.936. The summed E-state index contributed by atoms with van der Waals surface area (Å²) in [5.74, 6) is -8.09. The summed E-state index contributed by atoms with van der Waals surface area (Å²) in [7, 11) is -3.83. The van der Waals surface area contributed by atoms with Crippen LogP contribution in [-0.4, -0.2) is 59.4 Å². The van der Waals surface area contributed by atoms with Crippen molar-refractivity contribution < 1.29 is 79.5 Å². The average Bonchev–Trinajstić information content (AvgIpc) is 0.684. The molecule has 1 amide bonds. The second-order valence-electron chi connectivity index (χ2n) is 9.92. The van der Waals surface area contributed by atoms with Gasteiger partial charge < -0.3 is 19.1 Å². The van der Waals surface area contributed by atoms with Crippen LogP contribution in [0.4, 0.5) is 22.0 Å². The standard InChI is InChI=1S/C41H40F5N3O3S/c1-27-6-15-36-34(22-27)37(50)23-39(53-26-31-4-3-5-35(42)40(31)43)49(36)25-38(51)48(33-16-18-47(19-17-33)20-21-52-2)24-28-7-9-29(10-8-28)30-11-13-32(14-12-30)41(44,45)46/h3-15,22-23,33H,16-21,24-26H2,1-2H3/i2D3,3D,4D,5D,6D,7D,8D,9D,10D,11D,12D,13D,14D,15D,16D2,17D2,18D2,19D2,21D2,22D,23D,24D2,25D2,26D2,33D. The highest BCUT2D eigenvalue weighted by atomic mass is 32.2. The molecular formula is C41H40F5N3O3S. The normalized spacial score (nSPS) is 29.4. The van der Waals surface area contributed by atoms with Crippen LogP contribution in [0, 0.1) is 18.6 Å². The van der Waals surface area contributed by atoms with Crippen LogP contribution in [0.15, 0.2) is 100 Å². The van der Waals surface area contributed by atoms with Gasteiger partial charge in [0.1, 0.15) is 6.50 Å². The molecule has 0 N–H and O–H groups in total. The van der Waals surface area contributed by atoms with Gasteiger partial charge in [-0.2, -0.15) is 13.2 Å². The summed E-state index contributed by atoms with van der Waals surface area (Å²) in [4.78, 5) is 28.2. The molecule has 4 aromatic carbocycles. The van der Waals surface area contributed by atoms with Gasteiger partial charge in [0.15, 0.2) is 17.1 Å². The van der Waals surface area contributed by atoms with Crippen molar-refractivity contribution in [3.05, 3.63) is 135 Å². The number of fused-ring (bicyclic) bond motifs is 1. The highest BCUT2D eigenvalue weighted by Crippen LogP contribution is 2.32. The van der Waals surface area contributed by atoms with E-state index in [0.717, 1.165) is 6.92 Å². The third kappa shape index (κ3) is 9.17. The fraction of sp³-hybridized carbons (Fsp3) is 0.317. The molecule has 1 aromatic heterocycles. The quantitative estimate of drug-likeness (QED) is 0.0937. The lowest BCUT2D eigenvalue weighted by Crippen LogP contribution is -2.48. The number of carbonyl (C=O) groups is 1. The number of thioether (sulfide) groups is 1. The number of hydrogen-bond donors (Lipinski definition) is 0. The average molecular weight is 785 g/mol. The Morgan fingerprint density at radius 2 is 1.74 bits per heavy atom. The van der Waals surface area contributed by atoms with Crippen molar-refractivity contribution in [3.63, 3.8) is 0 Å². The van der Waals surface area contributed by atoms with Crippen molar-refractivity contribution in [2.24, 2.45) is 0 Å². The number of pyridine rings is 1. The first kappa shape index (κ1) is 14.0. The molecule has 0 radical (unpaired) electrons. The van der Waals surface area contributed by atoms with Gasteiger partial charge in [-0.25, -0.2) is 8.78 Å². The number of rotatable bonds is 12. The number of amides is 1. The van der Waals surface area contributed by atoms with E-state index in [1.807, 2.05) is 0 Å². The van der Waals surface area contributed by atoms with Crippen LogP contribution in [0.1, 0.15) is 83.0 Å². The minimum Gasteiger partial charge on any atom is -0.383 e. The molecule has 1 aliphatic rings. The number of methoxy groups -OCH3 is 1. The number of nitrogens with zero attached hydrogens (tertiary/aromatic N) is 3. The van der Waals surface area contributed by atoms with Gasteiger partial charge in [0, 0.05) is 75.5 Å². The molecule has 5 aromatic rings. The summed E-state index contributed by atoms with van der Waals surface area (Å²) in [6.45, 7) is -25.2. The SMILES string of the molecule is [2H]c1c([2H])c(F)c(F)c(C([2H])([2H])Sc2c([2H])c(=O)c3c([2H])c(C)c([2H])c([2H])c3n2C([2H])([2H])C(=O)N(C([2H])([2H])c2c([2H])c([2H])c(-c3c([2H])c([2H])c(C(F)(F)F)c([2H])c3[2H])c([2H])c2[2H])C2([2H])C([2H])([2H])C([2H])([2H])N(CC([2H])([2H])OC([2H])([2H])[2H])C([2H])([2H])C2([2H])[2H])c1[2H]. The number of halogens is 5. The van der Waals surface area contributed by atoms with Crippen molar-refractivity contribution in [1.29, 1.82) is 0 Å². The maximum Gasteiger partial charge on any atom is 0.416 e. The largest absolute Gasteiger partial charge is 0.416 e. The topological polar surface area (TPSA) is 54.8 Å². The third-order valence-electron chi connectivity index (χ3n) is 6.37. The maximum atomic E-state index is 16.2. The number of ether oxygens (including phenoxy) is 1. The van der Waals surface area contributed by atoms with Gasteiger partial charge in [0.25, 0.3) is 0 Å². The highest BCUT2D eigenvalue weighted by Gasteiger charge is 2.31. The predicted molar refractivity (Wildman–Crippen MR) is 198 cm³/mol. The lowest BCUT2D eigenvalue weighted by atomic mass is 10.00. The molecule has 0 saturated carbocycles. The van der Waals surface area contributed by atoms with Crippen molar-refractivity contribution in [3.8, 4) is 11.1 Å². The van der Waals surface area contributed by atoms with E-state index in [1.54, 1.807) is 0 Å². The Kier molecular flexibility index (Phi) is 4.39. The van der Waals surface area contributed by atoms with Crippen molar-refractivity contribution in [1.82, 2.24) is 14.4 Å². The van der Waals surface area contributed by atoms with Gasteiger partial charge in [0.05, 0.1) is 56.9 Å². The number of piperidine rings is 1. The summed E-state index contributed by atoms with van der Waals surface area (Å²) in [6, 6.07) is -31.6. The van der Waals surface area contributed by atoms with Crippen molar-refractivity contribution in [2.45, 2.75) is 55.6 Å². The fourth-order valence-electron chi connectivity index (χ4n) is 3.98. The monoisotopic (exact) mass is 784 g/mol. The molecule has 12 heteroatoms. The Balaban J connectivity index is 1.88. The number of aromatic nitrogens is 1. The highest BCUT2D eigenvalue weighted by molar-refractivity contribution is 7.98. The van der Waals surface area contributed by atoms with Gasteiger partial charge in [-0.1, -0.05) is 59.9 Å². The van der Waals surface area contributed by atoms with Crippen LogP contribution < -0.4 is 5.43 Å². The molecule has 2 heterocycles. The maximum absolute atomic E-state index is 16.2. The Labute approximate surface area is 358 Å². The number of benzene rings is 4. The smallest absolute Gasteiger partial charge is 0.383 e. The van der Waals surface area contributed by atoms with E-state index in [9.17, 15) is 30.3 Å². The Morgan fingerprint density at radius 3 is 2.42 bits per heavy atom. The molecule has 0 unspecified atom stereocenters. The molecule has 53 heavy (non-hydrogen) atoms. The lowest BCUT2D eigenvalue weighted by Gasteiger charge is -2.39.